The molecule has 2 nitrogen and oxygen atoms in total. The van der Waals surface area contributed by atoms with Crippen LogP contribution in [0.3, 0.4) is 0 Å². The molecule has 0 spiro atoms. The summed E-state index contributed by atoms with van der Waals surface area (Å²) in [6.45, 7) is 1.12. The number of thiophene rings is 1. The van der Waals surface area contributed by atoms with E-state index >= 15 is 0 Å². The minimum absolute atomic E-state index is 0.448. The van der Waals surface area contributed by atoms with Gasteiger partial charge < -0.3 is 5.73 Å². The molecular formula is C12H17BrN2S. The first-order valence-electron chi connectivity index (χ1n) is 5.96. The zero-order valence-electron chi connectivity index (χ0n) is 9.23. The van der Waals surface area contributed by atoms with Crippen molar-refractivity contribution in [3.8, 4) is 0 Å². The molecule has 2 atom stereocenters. The van der Waals surface area contributed by atoms with Crippen LogP contribution in [0.4, 0.5) is 0 Å². The molecule has 1 aromatic rings. The molecule has 2 N–H and O–H groups in total. The molecular weight excluding hydrogens is 284 g/mol. The topological polar surface area (TPSA) is 29.3 Å². The lowest BCUT2D eigenvalue weighted by Gasteiger charge is -2.37. The zero-order chi connectivity index (χ0) is 11.1. The smallest absolute Gasteiger partial charge is 0.0334 e. The van der Waals surface area contributed by atoms with Gasteiger partial charge in [-0.3, -0.25) is 4.90 Å². The second kappa shape index (κ2) is 4.41. The molecule has 2 bridgehead atoms. The van der Waals surface area contributed by atoms with Gasteiger partial charge in [-0.25, -0.2) is 0 Å². The van der Waals surface area contributed by atoms with Crippen LogP contribution in [0.25, 0.3) is 0 Å². The Bertz CT molecular complexity index is 365. The highest BCUT2D eigenvalue weighted by atomic mass is 79.9. The first kappa shape index (κ1) is 11.2. The largest absolute Gasteiger partial charge is 0.328 e. The van der Waals surface area contributed by atoms with E-state index in [0.717, 1.165) is 18.6 Å². The van der Waals surface area contributed by atoms with Gasteiger partial charge in [0.2, 0.25) is 0 Å². The molecule has 1 aromatic heterocycles. The molecule has 88 valence electrons. The molecule has 2 aliphatic heterocycles. The van der Waals surface area contributed by atoms with Crippen molar-refractivity contribution in [3.05, 3.63) is 20.8 Å². The number of hydrogen-bond donors (Lipinski definition) is 1. The molecule has 16 heavy (non-hydrogen) atoms. The third-order valence-corrected chi connectivity index (χ3v) is 5.56. The molecule has 0 aromatic carbocycles. The Morgan fingerprint density at radius 2 is 2.06 bits per heavy atom. The maximum absolute atomic E-state index is 6.08. The van der Waals surface area contributed by atoms with Crippen molar-refractivity contribution in [3.63, 3.8) is 0 Å². The summed E-state index contributed by atoms with van der Waals surface area (Å²) in [4.78, 5) is 4.15. The predicted octanol–water partition coefficient (Wildman–Crippen LogP) is 2.96. The van der Waals surface area contributed by atoms with E-state index in [2.05, 4.69) is 32.3 Å². The monoisotopic (exact) mass is 300 g/mol. The Balaban J connectivity index is 1.72. The number of fused-ring (bicyclic) bond motifs is 2. The third kappa shape index (κ3) is 2.08. The summed E-state index contributed by atoms with van der Waals surface area (Å²) in [5.41, 5.74) is 6.08. The van der Waals surface area contributed by atoms with Crippen LogP contribution in [0.5, 0.6) is 0 Å². The number of halogens is 1. The van der Waals surface area contributed by atoms with Crippen molar-refractivity contribution in [2.24, 2.45) is 5.73 Å². The van der Waals surface area contributed by atoms with Gasteiger partial charge in [0, 0.05) is 39.4 Å². The fourth-order valence-corrected chi connectivity index (χ4v) is 4.65. The minimum atomic E-state index is 0.448. The molecule has 2 saturated heterocycles. The summed E-state index contributed by atoms with van der Waals surface area (Å²) < 4.78 is 1.22. The molecule has 3 rings (SSSR count). The van der Waals surface area contributed by atoms with Crippen molar-refractivity contribution >= 4 is 27.3 Å². The number of hydrogen-bond acceptors (Lipinski definition) is 3. The molecule has 3 heterocycles. The first-order valence-corrected chi connectivity index (χ1v) is 7.64. The highest BCUT2D eigenvalue weighted by molar-refractivity contribution is 9.10. The Hall–Kier alpha value is 0.1000. The molecule has 0 saturated carbocycles. The van der Waals surface area contributed by atoms with Gasteiger partial charge in [-0.2, -0.15) is 0 Å². The summed E-state index contributed by atoms with van der Waals surface area (Å²) in [6.07, 6.45) is 5.10. The van der Waals surface area contributed by atoms with E-state index < -0.39 is 0 Å². The van der Waals surface area contributed by atoms with Crippen LogP contribution in [0, 0.1) is 0 Å². The molecule has 2 fully saturated rings. The molecule has 0 aliphatic carbocycles. The first-order chi connectivity index (χ1) is 7.72. The maximum Gasteiger partial charge on any atom is 0.0334 e. The summed E-state index contributed by atoms with van der Waals surface area (Å²) >= 11 is 5.38. The Labute approximate surface area is 109 Å². The maximum atomic E-state index is 6.08. The van der Waals surface area contributed by atoms with Crippen LogP contribution in [-0.2, 0) is 6.54 Å². The molecule has 0 radical (unpaired) electrons. The number of nitrogens with two attached hydrogens (primary N) is 1. The lowest BCUT2D eigenvalue weighted by atomic mass is 9.98. The van der Waals surface area contributed by atoms with Crippen LogP contribution in [0.1, 0.15) is 30.6 Å². The Kier molecular flexibility index (Phi) is 3.09. The van der Waals surface area contributed by atoms with Crippen molar-refractivity contribution < 1.29 is 0 Å². The van der Waals surface area contributed by atoms with Gasteiger partial charge in [-0.1, -0.05) is 0 Å². The van der Waals surface area contributed by atoms with Gasteiger partial charge in [0.25, 0.3) is 0 Å². The van der Waals surface area contributed by atoms with E-state index in [1.54, 1.807) is 0 Å². The standard InChI is InChI=1S/C12H17BrN2S/c13-8-3-12(16-7-8)6-15-10-1-2-11(15)5-9(14)4-10/h3,7,9-11H,1-2,4-6,14H2. The summed E-state index contributed by atoms with van der Waals surface area (Å²) in [5.74, 6) is 0. The van der Waals surface area contributed by atoms with Crippen molar-refractivity contribution in [2.45, 2.75) is 50.4 Å². The molecule has 2 unspecified atom stereocenters. The quantitative estimate of drug-likeness (QED) is 0.910. The summed E-state index contributed by atoms with van der Waals surface area (Å²) in [7, 11) is 0. The summed E-state index contributed by atoms with van der Waals surface area (Å²) in [6, 6.07) is 4.19. The third-order valence-electron chi connectivity index (χ3n) is 3.88. The van der Waals surface area contributed by atoms with E-state index in [4.69, 9.17) is 5.73 Å². The minimum Gasteiger partial charge on any atom is -0.328 e. The van der Waals surface area contributed by atoms with Crippen molar-refractivity contribution in [2.75, 3.05) is 0 Å². The highest BCUT2D eigenvalue weighted by Gasteiger charge is 2.39. The Morgan fingerprint density at radius 1 is 1.38 bits per heavy atom. The van der Waals surface area contributed by atoms with Gasteiger partial charge in [-0.15, -0.1) is 11.3 Å². The van der Waals surface area contributed by atoms with Crippen molar-refractivity contribution in [1.29, 1.82) is 0 Å². The van der Waals surface area contributed by atoms with Crippen LogP contribution in [-0.4, -0.2) is 23.0 Å². The van der Waals surface area contributed by atoms with E-state index in [0.29, 0.717) is 6.04 Å². The lowest BCUT2D eigenvalue weighted by Crippen LogP contribution is -2.46. The number of piperidine rings is 1. The van der Waals surface area contributed by atoms with E-state index in [9.17, 15) is 0 Å². The molecule has 2 aliphatic rings. The fraction of sp³-hybridized carbons (Fsp3) is 0.667. The highest BCUT2D eigenvalue weighted by Crippen LogP contribution is 2.37. The van der Waals surface area contributed by atoms with Gasteiger partial charge >= 0.3 is 0 Å². The lowest BCUT2D eigenvalue weighted by molar-refractivity contribution is 0.121. The second-order valence-electron chi connectivity index (χ2n) is 5.02. The van der Waals surface area contributed by atoms with Crippen LogP contribution in [0.2, 0.25) is 0 Å². The average molecular weight is 301 g/mol. The van der Waals surface area contributed by atoms with Gasteiger partial charge in [0.1, 0.15) is 0 Å². The van der Waals surface area contributed by atoms with Gasteiger partial charge in [0.15, 0.2) is 0 Å². The van der Waals surface area contributed by atoms with Crippen LogP contribution >= 0.6 is 27.3 Å². The predicted molar refractivity (Wildman–Crippen MR) is 71.6 cm³/mol. The van der Waals surface area contributed by atoms with E-state index in [-0.39, 0.29) is 0 Å². The number of nitrogens with zero attached hydrogens (tertiary/aromatic N) is 1. The van der Waals surface area contributed by atoms with Crippen LogP contribution in [0.15, 0.2) is 15.9 Å². The summed E-state index contributed by atoms with van der Waals surface area (Å²) in [5, 5.41) is 2.17. The molecule has 4 heteroatoms. The molecule has 0 amide bonds. The normalized spacial score (nSPS) is 34.5. The van der Waals surface area contributed by atoms with Gasteiger partial charge in [0.05, 0.1) is 0 Å². The van der Waals surface area contributed by atoms with Crippen LogP contribution < -0.4 is 5.73 Å². The Morgan fingerprint density at radius 3 is 2.62 bits per heavy atom. The zero-order valence-corrected chi connectivity index (χ0v) is 11.6. The SMILES string of the molecule is NC1CC2CCC(C1)N2Cc1cc(Br)cs1. The number of rotatable bonds is 2. The van der Waals surface area contributed by atoms with E-state index in [1.807, 2.05) is 11.3 Å². The van der Waals surface area contributed by atoms with E-state index in [1.165, 1.54) is 35.0 Å². The fourth-order valence-electron chi connectivity index (χ4n) is 3.19. The average Bonchev–Trinajstić information content (AvgIpc) is 2.72. The second-order valence-corrected chi connectivity index (χ2v) is 6.93. The van der Waals surface area contributed by atoms with Gasteiger partial charge in [-0.05, 0) is 47.7 Å². The van der Waals surface area contributed by atoms with Crippen molar-refractivity contribution in [1.82, 2.24) is 4.90 Å².